The Balaban J connectivity index is 2.72. The van der Waals surface area contributed by atoms with Crippen molar-refractivity contribution in [3.63, 3.8) is 0 Å². The van der Waals surface area contributed by atoms with Gasteiger partial charge in [0.15, 0.2) is 5.89 Å². The number of carbonyl (C=O) groups is 1. The van der Waals surface area contributed by atoms with E-state index in [0.29, 0.717) is 37.6 Å². The fraction of sp³-hybridized carbons (Fsp3) is 0.667. The van der Waals surface area contributed by atoms with Gasteiger partial charge in [-0.25, -0.2) is 9.78 Å². The first-order chi connectivity index (χ1) is 8.22. The molecule has 0 atom stereocenters. The molecule has 0 unspecified atom stereocenters. The Morgan fingerprint density at radius 3 is 2.76 bits per heavy atom. The lowest BCUT2D eigenvalue weighted by molar-refractivity contribution is 0.0486. The van der Waals surface area contributed by atoms with Crippen molar-refractivity contribution in [2.45, 2.75) is 33.1 Å². The molecule has 0 saturated carbocycles. The topological polar surface area (TPSA) is 61.6 Å². The summed E-state index contributed by atoms with van der Waals surface area (Å²) in [6.45, 7) is 4.68. The molecule has 0 aliphatic heterocycles. The number of aromatic nitrogens is 1. The number of nitrogens with zero attached hydrogens (tertiary/aromatic N) is 1. The summed E-state index contributed by atoms with van der Waals surface area (Å²) in [4.78, 5) is 15.9. The smallest absolute Gasteiger partial charge is 0.376 e. The number of oxazole rings is 1. The number of rotatable bonds is 7. The van der Waals surface area contributed by atoms with Crippen LogP contribution in [-0.2, 0) is 22.3 Å². The second-order valence-electron chi connectivity index (χ2n) is 3.55. The van der Waals surface area contributed by atoms with E-state index in [1.165, 1.54) is 0 Å². The molecule has 5 nitrogen and oxygen atoms in total. The predicted molar refractivity (Wildman–Crippen MR) is 62.0 cm³/mol. The predicted octanol–water partition coefficient (Wildman–Crippen LogP) is 1.99. The van der Waals surface area contributed by atoms with Crippen LogP contribution in [0, 0.1) is 0 Å². The maximum atomic E-state index is 11.6. The maximum absolute atomic E-state index is 11.6. The molecule has 1 aromatic heterocycles. The van der Waals surface area contributed by atoms with Gasteiger partial charge in [0.05, 0.1) is 12.3 Å². The zero-order valence-electron chi connectivity index (χ0n) is 10.6. The molecule has 17 heavy (non-hydrogen) atoms. The summed E-state index contributed by atoms with van der Waals surface area (Å²) in [6.07, 6.45) is 2.14. The van der Waals surface area contributed by atoms with Crippen LogP contribution in [-0.4, -0.2) is 31.3 Å². The summed E-state index contributed by atoms with van der Waals surface area (Å²) in [5.41, 5.74) is 0.663. The molecule has 0 bridgehead atoms. The molecule has 0 aliphatic carbocycles. The number of esters is 1. The van der Waals surface area contributed by atoms with Crippen LogP contribution in [0.1, 0.15) is 42.4 Å². The van der Waals surface area contributed by atoms with E-state index in [9.17, 15) is 4.79 Å². The minimum atomic E-state index is -0.435. The average molecular weight is 241 g/mol. The number of methoxy groups -OCH3 is 1. The quantitative estimate of drug-likeness (QED) is 0.539. The van der Waals surface area contributed by atoms with Gasteiger partial charge in [-0.15, -0.1) is 0 Å². The Morgan fingerprint density at radius 1 is 1.41 bits per heavy atom. The molecule has 0 amide bonds. The molecule has 0 radical (unpaired) electrons. The van der Waals surface area contributed by atoms with E-state index in [2.05, 4.69) is 4.98 Å². The van der Waals surface area contributed by atoms with Crippen molar-refractivity contribution in [1.29, 1.82) is 0 Å². The van der Waals surface area contributed by atoms with Crippen molar-refractivity contribution in [2.24, 2.45) is 0 Å². The molecular weight excluding hydrogens is 222 g/mol. The summed E-state index contributed by atoms with van der Waals surface area (Å²) < 4.78 is 15.3. The highest BCUT2D eigenvalue weighted by atomic mass is 16.5. The van der Waals surface area contributed by atoms with Crippen molar-refractivity contribution < 1.29 is 18.7 Å². The van der Waals surface area contributed by atoms with E-state index in [4.69, 9.17) is 13.9 Å². The highest BCUT2D eigenvalue weighted by Crippen LogP contribution is 2.14. The monoisotopic (exact) mass is 241 g/mol. The minimum absolute atomic E-state index is 0.238. The summed E-state index contributed by atoms with van der Waals surface area (Å²) in [6, 6.07) is 0. The Bertz CT molecular complexity index is 359. The first-order valence-electron chi connectivity index (χ1n) is 5.87. The van der Waals surface area contributed by atoms with E-state index in [-0.39, 0.29) is 5.76 Å². The molecule has 0 N–H and O–H groups in total. The summed E-state index contributed by atoms with van der Waals surface area (Å²) >= 11 is 0. The van der Waals surface area contributed by atoms with Crippen molar-refractivity contribution in [2.75, 3.05) is 20.3 Å². The minimum Gasteiger partial charge on any atom is -0.460 e. The number of hydrogen-bond donors (Lipinski definition) is 0. The summed E-state index contributed by atoms with van der Waals surface area (Å²) in [5, 5.41) is 0. The third-order valence-corrected chi connectivity index (χ3v) is 2.28. The van der Waals surface area contributed by atoms with Crippen LogP contribution in [0.15, 0.2) is 4.42 Å². The van der Waals surface area contributed by atoms with E-state index in [1.54, 1.807) is 14.0 Å². The molecule has 1 aromatic rings. The van der Waals surface area contributed by atoms with Crippen LogP contribution >= 0.6 is 0 Å². The average Bonchev–Trinajstić information content (AvgIpc) is 2.73. The Morgan fingerprint density at radius 2 is 2.18 bits per heavy atom. The Kier molecular flexibility index (Phi) is 5.69. The molecule has 1 heterocycles. The zero-order chi connectivity index (χ0) is 12.7. The van der Waals surface area contributed by atoms with E-state index in [1.807, 2.05) is 6.92 Å². The van der Waals surface area contributed by atoms with Crippen molar-refractivity contribution >= 4 is 5.97 Å². The molecule has 0 aromatic carbocycles. The molecule has 96 valence electrons. The van der Waals surface area contributed by atoms with Crippen LogP contribution in [0.2, 0.25) is 0 Å². The highest BCUT2D eigenvalue weighted by molar-refractivity contribution is 5.87. The Labute approximate surface area is 101 Å². The van der Waals surface area contributed by atoms with Gasteiger partial charge in [-0.1, -0.05) is 6.92 Å². The van der Waals surface area contributed by atoms with Crippen LogP contribution in [0.4, 0.5) is 0 Å². The first kappa shape index (κ1) is 13.7. The molecule has 0 fully saturated rings. The molecular formula is C12H19NO4. The second-order valence-corrected chi connectivity index (χ2v) is 3.55. The number of ether oxygens (including phenoxy) is 2. The van der Waals surface area contributed by atoms with Gasteiger partial charge in [-0.3, -0.25) is 0 Å². The van der Waals surface area contributed by atoms with E-state index < -0.39 is 5.97 Å². The van der Waals surface area contributed by atoms with Crippen LogP contribution in [0.3, 0.4) is 0 Å². The van der Waals surface area contributed by atoms with Gasteiger partial charge in [0.1, 0.15) is 0 Å². The van der Waals surface area contributed by atoms with Crippen molar-refractivity contribution in [3.8, 4) is 0 Å². The van der Waals surface area contributed by atoms with Crippen molar-refractivity contribution in [1.82, 2.24) is 4.98 Å². The molecule has 0 aliphatic rings. The van der Waals surface area contributed by atoms with Crippen molar-refractivity contribution in [3.05, 3.63) is 17.3 Å². The third kappa shape index (κ3) is 3.85. The third-order valence-electron chi connectivity index (χ3n) is 2.28. The first-order valence-corrected chi connectivity index (χ1v) is 5.87. The van der Waals surface area contributed by atoms with Gasteiger partial charge in [0.25, 0.3) is 0 Å². The van der Waals surface area contributed by atoms with E-state index in [0.717, 1.165) is 6.42 Å². The van der Waals surface area contributed by atoms with Gasteiger partial charge >= 0.3 is 5.97 Å². The standard InChI is InChI=1S/C12H19NO4/c1-4-9-11(12(14)16-5-2)17-10(13-9)7-6-8-15-3/h4-8H2,1-3H3. The lowest BCUT2D eigenvalue weighted by Crippen LogP contribution is -2.05. The maximum Gasteiger partial charge on any atom is 0.376 e. The SMILES string of the molecule is CCOC(=O)c1oc(CCCOC)nc1CC. The van der Waals surface area contributed by atoms with E-state index >= 15 is 0 Å². The molecule has 1 rings (SSSR count). The van der Waals surface area contributed by atoms with Gasteiger partial charge < -0.3 is 13.9 Å². The van der Waals surface area contributed by atoms with Gasteiger partial charge in [-0.2, -0.15) is 0 Å². The largest absolute Gasteiger partial charge is 0.460 e. The van der Waals surface area contributed by atoms with Gasteiger partial charge in [-0.05, 0) is 19.8 Å². The molecule has 0 spiro atoms. The summed E-state index contributed by atoms with van der Waals surface area (Å²) in [7, 11) is 1.65. The van der Waals surface area contributed by atoms with Gasteiger partial charge in [0.2, 0.25) is 5.76 Å². The number of carbonyl (C=O) groups excluding carboxylic acids is 1. The van der Waals surface area contributed by atoms with Crippen LogP contribution in [0.25, 0.3) is 0 Å². The van der Waals surface area contributed by atoms with Crippen LogP contribution < -0.4 is 0 Å². The molecule has 5 heteroatoms. The number of aryl methyl sites for hydroxylation is 2. The fourth-order valence-electron chi connectivity index (χ4n) is 1.47. The lowest BCUT2D eigenvalue weighted by atomic mass is 10.3. The highest BCUT2D eigenvalue weighted by Gasteiger charge is 2.19. The summed E-state index contributed by atoms with van der Waals surface area (Å²) in [5.74, 6) is 0.374. The fourth-order valence-corrected chi connectivity index (χ4v) is 1.47. The number of hydrogen-bond acceptors (Lipinski definition) is 5. The Hall–Kier alpha value is -1.36. The second kappa shape index (κ2) is 7.06. The zero-order valence-corrected chi connectivity index (χ0v) is 10.6. The van der Waals surface area contributed by atoms with Gasteiger partial charge in [0, 0.05) is 20.1 Å². The lowest BCUT2D eigenvalue weighted by Gasteiger charge is -1.98. The van der Waals surface area contributed by atoms with Crippen LogP contribution in [0.5, 0.6) is 0 Å². The molecule has 0 saturated heterocycles. The normalized spacial score (nSPS) is 10.5.